The number of carbonyl (C=O) groups excluding carboxylic acids is 1. The van der Waals surface area contributed by atoms with E-state index >= 15 is 0 Å². The zero-order valence-corrected chi connectivity index (χ0v) is 11.8. The molecular weight excluding hydrogens is 264 g/mol. The van der Waals surface area contributed by atoms with E-state index < -0.39 is 0 Å². The number of rotatable bonds is 0. The first-order valence-corrected chi connectivity index (χ1v) is 7.11. The predicted molar refractivity (Wildman–Crippen MR) is 81.5 cm³/mol. The van der Waals surface area contributed by atoms with Gasteiger partial charge in [-0.3, -0.25) is 9.79 Å². The van der Waals surface area contributed by atoms with Gasteiger partial charge in [-0.15, -0.1) is 0 Å². The summed E-state index contributed by atoms with van der Waals surface area (Å²) < 4.78 is 0. The molecule has 108 valence electrons. The molecule has 0 atom stereocenters. The van der Waals surface area contributed by atoms with Crippen LogP contribution in [-0.2, 0) is 4.79 Å². The van der Waals surface area contributed by atoms with Crippen molar-refractivity contribution in [1.82, 2.24) is 10.2 Å². The van der Waals surface area contributed by atoms with Crippen LogP contribution >= 0.6 is 0 Å². The molecule has 1 saturated heterocycles. The van der Waals surface area contributed by atoms with Crippen molar-refractivity contribution in [2.75, 3.05) is 19.6 Å². The second-order valence-corrected chi connectivity index (χ2v) is 5.52. The Morgan fingerprint density at radius 2 is 2.00 bits per heavy atom. The van der Waals surface area contributed by atoms with Gasteiger partial charge in [0.1, 0.15) is 0 Å². The van der Waals surface area contributed by atoms with E-state index in [0.717, 1.165) is 18.4 Å². The molecule has 0 bridgehead atoms. The lowest BCUT2D eigenvalue weighted by molar-refractivity contribution is -0.126. The Balaban J connectivity index is 1.58. The van der Waals surface area contributed by atoms with Crippen LogP contribution < -0.4 is 11.1 Å². The van der Waals surface area contributed by atoms with Crippen LogP contribution in [0.15, 0.2) is 35.3 Å². The quantitative estimate of drug-likeness (QED) is 0.673. The van der Waals surface area contributed by atoms with Crippen LogP contribution in [0.5, 0.6) is 0 Å². The number of aliphatic imine (C=N–C) groups is 1. The molecule has 1 spiro atoms. The first-order valence-electron chi connectivity index (χ1n) is 7.11. The molecule has 0 unspecified atom stereocenters. The largest absolute Gasteiger partial charge is 0.370 e. The van der Waals surface area contributed by atoms with Gasteiger partial charge in [-0.25, -0.2) is 0 Å². The molecule has 3 N–H and O–H groups in total. The Kier molecular flexibility index (Phi) is 3.53. The fourth-order valence-electron chi connectivity index (χ4n) is 2.73. The fourth-order valence-corrected chi connectivity index (χ4v) is 2.73. The lowest BCUT2D eigenvalue weighted by Crippen LogP contribution is -2.55. The number of guanidine groups is 1. The number of nitrogens with one attached hydrogen (secondary N) is 1. The normalized spacial score (nSPS) is 19.4. The summed E-state index contributed by atoms with van der Waals surface area (Å²) in [7, 11) is 0. The highest BCUT2D eigenvalue weighted by Gasteiger charge is 2.38. The van der Waals surface area contributed by atoms with Gasteiger partial charge in [0.05, 0.1) is 12.1 Å². The summed E-state index contributed by atoms with van der Waals surface area (Å²) in [5.74, 6) is 6.03. The van der Waals surface area contributed by atoms with E-state index in [1.54, 1.807) is 4.90 Å². The Bertz CT molecular complexity index is 619. The zero-order chi connectivity index (χ0) is 14.7. The number of benzene rings is 1. The molecular formula is C16H18N4O. The van der Waals surface area contributed by atoms with Crippen molar-refractivity contribution in [3.63, 3.8) is 0 Å². The van der Waals surface area contributed by atoms with Gasteiger partial charge in [-0.05, 0) is 25.0 Å². The molecule has 1 aromatic carbocycles. The average molecular weight is 282 g/mol. The van der Waals surface area contributed by atoms with Crippen molar-refractivity contribution >= 4 is 11.9 Å². The van der Waals surface area contributed by atoms with Crippen LogP contribution in [0.25, 0.3) is 0 Å². The molecule has 5 heteroatoms. The number of likely N-dealkylation sites (tertiary alicyclic amines) is 1. The standard InChI is InChI=1S/C16H18N4O/c17-15-18-12-16(19-15)8-10-20(11-9-16)14(21)7-6-13-4-2-1-3-5-13/h1-5H,8-12H2,(H3,17,18,19). The van der Waals surface area contributed by atoms with Gasteiger partial charge < -0.3 is 16.0 Å². The molecule has 0 saturated carbocycles. The average Bonchev–Trinajstić information content (AvgIpc) is 2.87. The van der Waals surface area contributed by atoms with Crippen LogP contribution in [0.2, 0.25) is 0 Å². The fraction of sp³-hybridized carbons (Fsp3) is 0.375. The monoisotopic (exact) mass is 282 g/mol. The summed E-state index contributed by atoms with van der Waals surface area (Å²) in [6.07, 6.45) is 1.71. The maximum Gasteiger partial charge on any atom is 0.298 e. The van der Waals surface area contributed by atoms with E-state index in [1.165, 1.54) is 0 Å². The number of amides is 1. The van der Waals surface area contributed by atoms with E-state index in [4.69, 9.17) is 5.73 Å². The van der Waals surface area contributed by atoms with Gasteiger partial charge in [0.2, 0.25) is 0 Å². The number of nitrogens with zero attached hydrogens (tertiary/aromatic N) is 2. The van der Waals surface area contributed by atoms with E-state index in [1.807, 2.05) is 30.3 Å². The molecule has 2 heterocycles. The van der Waals surface area contributed by atoms with Gasteiger partial charge >= 0.3 is 0 Å². The van der Waals surface area contributed by atoms with Crippen molar-refractivity contribution in [3.8, 4) is 11.8 Å². The Labute approximate surface area is 124 Å². The molecule has 1 fully saturated rings. The van der Waals surface area contributed by atoms with Crippen LogP contribution in [0, 0.1) is 11.8 Å². The lowest BCUT2D eigenvalue weighted by atomic mass is 9.88. The lowest BCUT2D eigenvalue weighted by Gasteiger charge is -2.38. The van der Waals surface area contributed by atoms with E-state index in [2.05, 4.69) is 22.2 Å². The van der Waals surface area contributed by atoms with Crippen LogP contribution in [0.1, 0.15) is 18.4 Å². The highest BCUT2D eigenvalue weighted by Crippen LogP contribution is 2.25. The third-order valence-electron chi connectivity index (χ3n) is 4.04. The van der Waals surface area contributed by atoms with Crippen molar-refractivity contribution in [2.24, 2.45) is 10.7 Å². The number of carbonyl (C=O) groups is 1. The third kappa shape index (κ3) is 3.00. The topological polar surface area (TPSA) is 70.7 Å². The molecule has 1 amide bonds. The van der Waals surface area contributed by atoms with Gasteiger partial charge in [-0.1, -0.05) is 24.1 Å². The number of hydrogen-bond donors (Lipinski definition) is 2. The second-order valence-electron chi connectivity index (χ2n) is 5.52. The minimum atomic E-state index is -0.111. The predicted octanol–water partition coefficient (Wildman–Crippen LogP) is 0.317. The number of hydrogen-bond acceptors (Lipinski definition) is 4. The minimum Gasteiger partial charge on any atom is -0.370 e. The Morgan fingerprint density at radius 3 is 2.62 bits per heavy atom. The third-order valence-corrected chi connectivity index (χ3v) is 4.04. The highest BCUT2D eigenvalue weighted by molar-refractivity contribution is 5.94. The van der Waals surface area contributed by atoms with Crippen molar-refractivity contribution in [2.45, 2.75) is 18.4 Å². The molecule has 21 heavy (non-hydrogen) atoms. The summed E-state index contributed by atoms with van der Waals surface area (Å²) in [4.78, 5) is 18.1. The van der Waals surface area contributed by atoms with E-state index in [0.29, 0.717) is 25.6 Å². The molecule has 2 aliphatic heterocycles. The SMILES string of the molecule is NC1=NCC2(CCN(C(=O)C#Cc3ccccc3)CC2)N1. The number of piperidine rings is 1. The summed E-state index contributed by atoms with van der Waals surface area (Å²) in [5, 5.41) is 3.24. The van der Waals surface area contributed by atoms with Crippen molar-refractivity contribution < 1.29 is 4.79 Å². The van der Waals surface area contributed by atoms with Gasteiger partial charge in [0, 0.05) is 24.6 Å². The Hall–Kier alpha value is -2.48. The molecule has 2 aliphatic rings. The number of nitrogens with two attached hydrogens (primary N) is 1. The van der Waals surface area contributed by atoms with Gasteiger partial charge in [0.25, 0.3) is 5.91 Å². The minimum absolute atomic E-state index is 0.0479. The summed E-state index contributed by atoms with van der Waals surface area (Å²) in [6.45, 7) is 2.09. The van der Waals surface area contributed by atoms with Crippen LogP contribution in [0.3, 0.4) is 0 Å². The molecule has 0 radical (unpaired) electrons. The first kappa shape index (κ1) is 13.5. The molecule has 5 nitrogen and oxygen atoms in total. The maximum absolute atomic E-state index is 12.1. The second kappa shape index (κ2) is 5.49. The molecule has 1 aromatic rings. The van der Waals surface area contributed by atoms with Crippen molar-refractivity contribution in [1.29, 1.82) is 0 Å². The summed E-state index contributed by atoms with van der Waals surface area (Å²) >= 11 is 0. The highest BCUT2D eigenvalue weighted by atomic mass is 16.2. The molecule has 0 aromatic heterocycles. The molecule has 3 rings (SSSR count). The maximum atomic E-state index is 12.1. The summed E-state index contributed by atoms with van der Waals surface area (Å²) in [6, 6.07) is 9.55. The van der Waals surface area contributed by atoms with E-state index in [-0.39, 0.29) is 11.4 Å². The zero-order valence-electron chi connectivity index (χ0n) is 11.8. The van der Waals surface area contributed by atoms with Gasteiger partial charge in [0.15, 0.2) is 5.96 Å². The van der Waals surface area contributed by atoms with Crippen LogP contribution in [0.4, 0.5) is 0 Å². The summed E-state index contributed by atoms with van der Waals surface area (Å²) in [5.41, 5.74) is 6.49. The van der Waals surface area contributed by atoms with Crippen LogP contribution in [-0.4, -0.2) is 41.9 Å². The van der Waals surface area contributed by atoms with Gasteiger partial charge in [-0.2, -0.15) is 0 Å². The first-order chi connectivity index (χ1) is 10.2. The van der Waals surface area contributed by atoms with Crippen molar-refractivity contribution in [3.05, 3.63) is 35.9 Å². The molecule has 0 aliphatic carbocycles. The smallest absolute Gasteiger partial charge is 0.298 e. The van der Waals surface area contributed by atoms with E-state index in [9.17, 15) is 4.79 Å². The Morgan fingerprint density at radius 1 is 1.29 bits per heavy atom.